The van der Waals surface area contributed by atoms with Gasteiger partial charge in [-0.05, 0) is 63.9 Å². The standard InChI is InChI=1S/C35H31N/c1-5-6-13-26-23(2)36-34-22-25(19-20-31(26)34)28-15-8-7-14-27(28)24-12-11-17-30-29-16-9-10-18-32(29)35(3,4)33(30)21-24/h5-11,13-22,36H,2,12H2,1,3-4H3/b6-5-,26-13+. The lowest BCUT2D eigenvalue weighted by Crippen LogP contribution is -2.19. The predicted octanol–water partition coefficient (Wildman–Crippen LogP) is 7.69. The second kappa shape index (κ2) is 8.53. The summed E-state index contributed by atoms with van der Waals surface area (Å²) in [6.45, 7) is 11.0. The highest BCUT2D eigenvalue weighted by Crippen LogP contribution is 2.49. The number of benzene rings is 3. The molecule has 2 aliphatic carbocycles. The van der Waals surface area contributed by atoms with E-state index in [0.29, 0.717) is 0 Å². The van der Waals surface area contributed by atoms with Gasteiger partial charge in [-0.2, -0.15) is 0 Å². The number of aromatic amines is 1. The summed E-state index contributed by atoms with van der Waals surface area (Å²) in [6, 6.07) is 24.4. The van der Waals surface area contributed by atoms with Crippen LogP contribution in [-0.2, 0) is 5.41 Å². The summed E-state index contributed by atoms with van der Waals surface area (Å²) >= 11 is 0. The van der Waals surface area contributed by atoms with E-state index >= 15 is 0 Å². The summed E-state index contributed by atoms with van der Waals surface area (Å²) in [5.74, 6) is 0. The van der Waals surface area contributed by atoms with Crippen LogP contribution in [-0.4, -0.2) is 4.98 Å². The molecule has 0 fully saturated rings. The Labute approximate surface area is 213 Å². The van der Waals surface area contributed by atoms with Crippen LogP contribution in [0.25, 0.3) is 45.8 Å². The minimum Gasteiger partial charge on any atom is -0.355 e. The zero-order chi connectivity index (χ0) is 24.9. The van der Waals surface area contributed by atoms with E-state index in [0.717, 1.165) is 22.5 Å². The molecular weight excluding hydrogens is 434 g/mol. The lowest BCUT2D eigenvalue weighted by molar-refractivity contribution is 0.654. The number of nitrogens with one attached hydrogen (secondary N) is 1. The molecule has 6 rings (SSSR count). The average Bonchev–Trinajstić information content (AvgIpc) is 3.18. The lowest BCUT2D eigenvalue weighted by Gasteiger charge is -2.24. The molecule has 3 aromatic carbocycles. The van der Waals surface area contributed by atoms with Gasteiger partial charge in [0, 0.05) is 26.9 Å². The van der Waals surface area contributed by atoms with Crippen LogP contribution in [0.5, 0.6) is 0 Å². The summed E-state index contributed by atoms with van der Waals surface area (Å²) in [4.78, 5) is 3.50. The molecule has 36 heavy (non-hydrogen) atoms. The van der Waals surface area contributed by atoms with Gasteiger partial charge in [0.05, 0.1) is 0 Å². The Balaban J connectivity index is 1.49. The largest absolute Gasteiger partial charge is 0.355 e. The molecular formula is C35H31N. The molecule has 176 valence electrons. The summed E-state index contributed by atoms with van der Waals surface area (Å²) < 4.78 is 0. The zero-order valence-corrected chi connectivity index (χ0v) is 21.2. The van der Waals surface area contributed by atoms with Gasteiger partial charge in [0.25, 0.3) is 0 Å². The quantitative estimate of drug-likeness (QED) is 0.319. The number of fused-ring (bicyclic) bond motifs is 3. The van der Waals surface area contributed by atoms with E-state index in [-0.39, 0.29) is 5.41 Å². The van der Waals surface area contributed by atoms with E-state index in [1.165, 1.54) is 49.9 Å². The normalized spacial score (nSPS) is 17.0. The van der Waals surface area contributed by atoms with Gasteiger partial charge in [-0.25, -0.2) is 0 Å². The van der Waals surface area contributed by atoms with Crippen LogP contribution in [0.2, 0.25) is 0 Å². The number of rotatable bonds is 3. The molecule has 0 saturated carbocycles. The van der Waals surface area contributed by atoms with E-state index in [1.54, 1.807) is 0 Å². The molecule has 0 atom stereocenters. The summed E-state index contributed by atoms with van der Waals surface area (Å²) in [7, 11) is 0. The fourth-order valence-electron chi connectivity index (χ4n) is 5.89. The molecule has 1 nitrogen and oxygen atoms in total. The molecule has 0 unspecified atom stereocenters. The van der Waals surface area contributed by atoms with Crippen LogP contribution >= 0.6 is 0 Å². The number of aromatic nitrogens is 1. The van der Waals surface area contributed by atoms with Crippen LogP contribution in [0.3, 0.4) is 0 Å². The second-order valence-corrected chi connectivity index (χ2v) is 10.3. The van der Waals surface area contributed by atoms with Crippen LogP contribution < -0.4 is 10.6 Å². The van der Waals surface area contributed by atoms with Gasteiger partial charge in [-0.3, -0.25) is 0 Å². The molecule has 1 aromatic heterocycles. The molecule has 0 spiro atoms. The molecule has 1 heteroatoms. The van der Waals surface area contributed by atoms with Gasteiger partial charge < -0.3 is 4.98 Å². The maximum absolute atomic E-state index is 4.23. The lowest BCUT2D eigenvalue weighted by atomic mass is 9.79. The van der Waals surface area contributed by atoms with Gasteiger partial charge >= 0.3 is 0 Å². The van der Waals surface area contributed by atoms with Gasteiger partial charge in [0.1, 0.15) is 0 Å². The first-order chi connectivity index (χ1) is 17.5. The van der Waals surface area contributed by atoms with Crippen molar-refractivity contribution in [1.82, 2.24) is 4.98 Å². The third kappa shape index (κ3) is 3.46. The Morgan fingerprint density at radius 3 is 2.47 bits per heavy atom. The third-order valence-electron chi connectivity index (χ3n) is 7.75. The van der Waals surface area contributed by atoms with E-state index in [2.05, 4.69) is 123 Å². The minimum absolute atomic E-state index is 0.0195. The first-order valence-corrected chi connectivity index (χ1v) is 12.7. The third-order valence-corrected chi connectivity index (χ3v) is 7.75. The van der Waals surface area contributed by atoms with E-state index in [4.69, 9.17) is 0 Å². The summed E-state index contributed by atoms with van der Waals surface area (Å²) in [5, 5.41) is 3.31. The number of allylic oxidation sites excluding steroid dienone is 8. The fraction of sp³-hybridized carbons (Fsp3) is 0.143. The highest BCUT2D eigenvalue weighted by atomic mass is 14.7. The molecule has 2 aliphatic rings. The van der Waals surface area contributed by atoms with Crippen molar-refractivity contribution in [3.05, 3.63) is 130 Å². The first kappa shape index (κ1) is 22.4. The minimum atomic E-state index is -0.0195. The molecule has 0 bridgehead atoms. The number of hydrogen-bond acceptors (Lipinski definition) is 0. The first-order valence-electron chi connectivity index (χ1n) is 12.7. The maximum atomic E-state index is 4.23. The summed E-state index contributed by atoms with van der Waals surface area (Å²) in [5.41, 5.74) is 11.8. The van der Waals surface area contributed by atoms with Crippen LogP contribution in [0.15, 0.2) is 103 Å². The Kier molecular flexibility index (Phi) is 5.30. The van der Waals surface area contributed by atoms with E-state index < -0.39 is 0 Å². The van der Waals surface area contributed by atoms with Crippen LogP contribution in [0.1, 0.15) is 43.9 Å². The molecule has 0 saturated heterocycles. The SMILES string of the molecule is C=c1[nH]c2cc(-c3ccccc3C3=CC4=C(C=CC3)c3ccccc3C4(C)C)ccc2/c1=C/C=C\C. The zero-order valence-electron chi connectivity index (χ0n) is 21.2. The van der Waals surface area contributed by atoms with Gasteiger partial charge in [0.2, 0.25) is 0 Å². The van der Waals surface area contributed by atoms with Crippen molar-refractivity contribution in [2.75, 3.05) is 0 Å². The number of H-pyrrole nitrogens is 1. The van der Waals surface area contributed by atoms with Crippen molar-refractivity contribution in [2.45, 2.75) is 32.6 Å². The van der Waals surface area contributed by atoms with Crippen LogP contribution in [0.4, 0.5) is 0 Å². The molecule has 1 N–H and O–H groups in total. The topological polar surface area (TPSA) is 15.8 Å². The van der Waals surface area contributed by atoms with Crippen molar-refractivity contribution in [1.29, 1.82) is 0 Å². The average molecular weight is 466 g/mol. The highest BCUT2D eigenvalue weighted by molar-refractivity contribution is 5.94. The fourth-order valence-corrected chi connectivity index (χ4v) is 5.89. The molecule has 4 aromatic rings. The molecule has 0 amide bonds. The Morgan fingerprint density at radius 2 is 1.67 bits per heavy atom. The Hall–Kier alpha value is -4.10. The van der Waals surface area contributed by atoms with Gasteiger partial charge in [-0.15, -0.1) is 0 Å². The van der Waals surface area contributed by atoms with Crippen molar-refractivity contribution in [2.24, 2.45) is 0 Å². The van der Waals surface area contributed by atoms with Crippen molar-refractivity contribution in [3.63, 3.8) is 0 Å². The van der Waals surface area contributed by atoms with Crippen molar-refractivity contribution in [3.8, 4) is 11.1 Å². The Bertz CT molecular complexity index is 1750. The van der Waals surface area contributed by atoms with Crippen molar-refractivity contribution >= 4 is 34.7 Å². The second-order valence-electron chi connectivity index (χ2n) is 10.3. The van der Waals surface area contributed by atoms with Crippen LogP contribution in [0, 0.1) is 0 Å². The predicted molar refractivity (Wildman–Crippen MR) is 156 cm³/mol. The van der Waals surface area contributed by atoms with Gasteiger partial charge in [0.15, 0.2) is 0 Å². The maximum Gasteiger partial charge on any atom is 0.0470 e. The Morgan fingerprint density at radius 1 is 0.917 bits per heavy atom. The van der Waals surface area contributed by atoms with E-state index in [1.807, 2.05) is 13.0 Å². The summed E-state index contributed by atoms with van der Waals surface area (Å²) in [6.07, 6.45) is 14.3. The van der Waals surface area contributed by atoms with Crippen molar-refractivity contribution < 1.29 is 0 Å². The highest BCUT2D eigenvalue weighted by Gasteiger charge is 2.36. The smallest absolute Gasteiger partial charge is 0.0470 e. The monoisotopic (exact) mass is 465 g/mol. The molecule has 0 radical (unpaired) electrons. The van der Waals surface area contributed by atoms with Gasteiger partial charge in [-0.1, -0.05) is 118 Å². The van der Waals surface area contributed by atoms with E-state index in [9.17, 15) is 0 Å². The molecule has 0 aliphatic heterocycles. The number of hydrogen-bond donors (Lipinski definition) is 1. The molecule has 1 heterocycles.